The summed E-state index contributed by atoms with van der Waals surface area (Å²) in [6.07, 6.45) is 0. The number of amides is 1. The zero-order valence-electron chi connectivity index (χ0n) is 10.6. The van der Waals surface area contributed by atoms with Gasteiger partial charge in [0.25, 0.3) is 5.91 Å². The van der Waals surface area contributed by atoms with Crippen LogP contribution in [-0.2, 0) is 4.79 Å². The molecule has 1 aromatic carbocycles. The van der Waals surface area contributed by atoms with Gasteiger partial charge in [0.05, 0.1) is 5.56 Å². The number of aliphatic carboxylic acids is 1. The predicted octanol–water partition coefficient (Wildman–Crippen LogP) is 0.199. The van der Waals surface area contributed by atoms with Crippen LogP contribution in [0.5, 0.6) is 5.75 Å². The fraction of sp³-hybridized carbons (Fsp3) is 0.385. The van der Waals surface area contributed by atoms with Crippen LogP contribution in [-0.4, -0.2) is 52.7 Å². The van der Waals surface area contributed by atoms with Crippen molar-refractivity contribution in [3.05, 3.63) is 29.3 Å². The average Bonchev–Trinajstić information content (AvgIpc) is 2.40. The summed E-state index contributed by atoms with van der Waals surface area (Å²) in [5.41, 5.74) is 0.983. The maximum Gasteiger partial charge on any atom is 0.327 e. The number of carboxylic acid groups (broad SMARTS) is 1. The zero-order chi connectivity index (χ0) is 14.0. The Balaban J connectivity index is 2.31. The highest BCUT2D eigenvalue weighted by atomic mass is 16.4. The van der Waals surface area contributed by atoms with Crippen LogP contribution in [0.25, 0.3) is 0 Å². The van der Waals surface area contributed by atoms with Gasteiger partial charge in [-0.2, -0.15) is 0 Å². The monoisotopic (exact) mass is 264 g/mol. The van der Waals surface area contributed by atoms with E-state index in [1.165, 1.54) is 11.0 Å². The number of nitrogens with zero attached hydrogens (tertiary/aromatic N) is 1. The Morgan fingerprint density at radius 2 is 2.16 bits per heavy atom. The molecule has 1 aliphatic heterocycles. The maximum atomic E-state index is 12.4. The smallest absolute Gasteiger partial charge is 0.327 e. The van der Waals surface area contributed by atoms with Crippen molar-refractivity contribution in [3.8, 4) is 5.75 Å². The molecule has 3 N–H and O–H groups in total. The highest BCUT2D eigenvalue weighted by molar-refractivity contribution is 5.99. The lowest BCUT2D eigenvalue weighted by molar-refractivity contribution is -0.142. The van der Waals surface area contributed by atoms with Gasteiger partial charge in [-0.3, -0.25) is 4.79 Å². The van der Waals surface area contributed by atoms with Gasteiger partial charge in [0.15, 0.2) is 0 Å². The van der Waals surface area contributed by atoms with Crippen molar-refractivity contribution in [1.82, 2.24) is 10.2 Å². The first-order valence-electron chi connectivity index (χ1n) is 6.05. The van der Waals surface area contributed by atoms with E-state index in [1.54, 1.807) is 12.1 Å². The number of nitrogens with one attached hydrogen (secondary N) is 1. The van der Waals surface area contributed by atoms with Gasteiger partial charge in [0.1, 0.15) is 11.8 Å². The molecule has 0 aromatic heterocycles. The lowest BCUT2D eigenvalue weighted by atomic mass is 10.1. The van der Waals surface area contributed by atoms with Crippen LogP contribution < -0.4 is 5.32 Å². The molecule has 1 aromatic rings. The number of carboxylic acids is 1. The number of aromatic hydroxyl groups is 1. The van der Waals surface area contributed by atoms with Crippen molar-refractivity contribution in [2.75, 3.05) is 19.6 Å². The topological polar surface area (TPSA) is 89.9 Å². The first-order valence-corrected chi connectivity index (χ1v) is 6.05. The third kappa shape index (κ3) is 2.68. The van der Waals surface area contributed by atoms with E-state index < -0.39 is 17.9 Å². The third-order valence-corrected chi connectivity index (χ3v) is 3.17. The van der Waals surface area contributed by atoms with Crippen molar-refractivity contribution < 1.29 is 19.8 Å². The third-order valence-electron chi connectivity index (χ3n) is 3.17. The summed E-state index contributed by atoms with van der Waals surface area (Å²) in [5, 5.41) is 21.8. The fourth-order valence-electron chi connectivity index (χ4n) is 2.14. The molecule has 1 aliphatic rings. The fourth-order valence-corrected chi connectivity index (χ4v) is 2.14. The number of carbonyl (C=O) groups is 2. The molecule has 0 spiro atoms. The standard InChI is InChI=1S/C13H16N2O4/c1-8-2-3-11(16)9(6-8)12(17)15-5-4-14-7-10(15)13(18)19/h2-3,6,10,14,16H,4-5,7H2,1H3,(H,18,19). The number of rotatable bonds is 2. The highest BCUT2D eigenvalue weighted by Crippen LogP contribution is 2.21. The van der Waals surface area contributed by atoms with E-state index >= 15 is 0 Å². The van der Waals surface area contributed by atoms with Gasteiger partial charge in [-0.25, -0.2) is 4.79 Å². The molecule has 19 heavy (non-hydrogen) atoms. The Bertz CT molecular complexity index is 515. The van der Waals surface area contributed by atoms with Gasteiger partial charge in [0.2, 0.25) is 0 Å². The van der Waals surface area contributed by atoms with Gasteiger partial charge < -0.3 is 20.4 Å². The van der Waals surface area contributed by atoms with Crippen LogP contribution in [0, 0.1) is 6.92 Å². The van der Waals surface area contributed by atoms with E-state index in [0.29, 0.717) is 13.1 Å². The molecule has 0 aliphatic carbocycles. The predicted molar refractivity (Wildman–Crippen MR) is 68.2 cm³/mol. The van der Waals surface area contributed by atoms with Gasteiger partial charge >= 0.3 is 5.97 Å². The summed E-state index contributed by atoms with van der Waals surface area (Å²) in [6.45, 7) is 2.88. The van der Waals surface area contributed by atoms with Crippen molar-refractivity contribution in [3.63, 3.8) is 0 Å². The number of aryl methyl sites for hydroxylation is 1. The number of carbonyl (C=O) groups excluding carboxylic acids is 1. The molecule has 1 saturated heterocycles. The number of phenolic OH excluding ortho intramolecular Hbond substituents is 1. The molecule has 102 valence electrons. The van der Waals surface area contributed by atoms with Crippen molar-refractivity contribution >= 4 is 11.9 Å². The Hall–Kier alpha value is -2.08. The molecule has 1 fully saturated rings. The molecule has 2 rings (SSSR count). The van der Waals surface area contributed by atoms with Crippen molar-refractivity contribution in [2.45, 2.75) is 13.0 Å². The summed E-state index contributed by atoms with van der Waals surface area (Å²) in [5.74, 6) is -1.62. The number of piperazine rings is 1. The number of hydrogen-bond donors (Lipinski definition) is 3. The summed E-state index contributed by atoms with van der Waals surface area (Å²) >= 11 is 0. The Kier molecular flexibility index (Phi) is 3.71. The Labute approximate surface area is 110 Å². The van der Waals surface area contributed by atoms with E-state index in [4.69, 9.17) is 5.11 Å². The van der Waals surface area contributed by atoms with Gasteiger partial charge in [-0.1, -0.05) is 11.6 Å². The Morgan fingerprint density at radius 3 is 2.84 bits per heavy atom. The van der Waals surface area contributed by atoms with Crippen LogP contribution in [0.1, 0.15) is 15.9 Å². The number of phenols is 1. The number of hydrogen-bond acceptors (Lipinski definition) is 4. The second kappa shape index (κ2) is 5.27. The zero-order valence-corrected chi connectivity index (χ0v) is 10.6. The van der Waals surface area contributed by atoms with Crippen LogP contribution in [0.15, 0.2) is 18.2 Å². The van der Waals surface area contributed by atoms with Gasteiger partial charge in [-0.15, -0.1) is 0 Å². The van der Waals surface area contributed by atoms with E-state index in [1.807, 2.05) is 6.92 Å². The first-order chi connectivity index (χ1) is 9.00. The molecular formula is C13H16N2O4. The molecule has 6 heteroatoms. The molecular weight excluding hydrogens is 248 g/mol. The molecule has 1 amide bonds. The van der Waals surface area contributed by atoms with E-state index in [0.717, 1.165) is 5.56 Å². The summed E-state index contributed by atoms with van der Waals surface area (Å²) < 4.78 is 0. The lowest BCUT2D eigenvalue weighted by Gasteiger charge is -2.33. The lowest BCUT2D eigenvalue weighted by Crippen LogP contribution is -2.57. The van der Waals surface area contributed by atoms with Crippen LogP contribution >= 0.6 is 0 Å². The van der Waals surface area contributed by atoms with Crippen LogP contribution in [0.3, 0.4) is 0 Å². The van der Waals surface area contributed by atoms with Gasteiger partial charge in [-0.05, 0) is 19.1 Å². The van der Waals surface area contributed by atoms with Crippen LogP contribution in [0.4, 0.5) is 0 Å². The molecule has 1 heterocycles. The van der Waals surface area contributed by atoms with Crippen molar-refractivity contribution in [2.24, 2.45) is 0 Å². The molecule has 1 unspecified atom stereocenters. The number of benzene rings is 1. The minimum absolute atomic E-state index is 0.127. The van der Waals surface area contributed by atoms with E-state index in [9.17, 15) is 14.7 Å². The molecule has 6 nitrogen and oxygen atoms in total. The summed E-state index contributed by atoms with van der Waals surface area (Å²) in [6, 6.07) is 3.80. The second-order valence-electron chi connectivity index (χ2n) is 4.58. The molecule has 1 atom stereocenters. The summed E-state index contributed by atoms with van der Waals surface area (Å²) in [4.78, 5) is 24.8. The van der Waals surface area contributed by atoms with Gasteiger partial charge in [0, 0.05) is 19.6 Å². The van der Waals surface area contributed by atoms with Crippen LogP contribution in [0.2, 0.25) is 0 Å². The minimum atomic E-state index is -1.05. The maximum absolute atomic E-state index is 12.4. The minimum Gasteiger partial charge on any atom is -0.507 e. The largest absolute Gasteiger partial charge is 0.507 e. The van der Waals surface area contributed by atoms with E-state index in [2.05, 4.69) is 5.32 Å². The normalized spacial score (nSPS) is 19.2. The molecule has 0 bridgehead atoms. The van der Waals surface area contributed by atoms with E-state index in [-0.39, 0.29) is 17.9 Å². The quantitative estimate of drug-likeness (QED) is 0.710. The summed E-state index contributed by atoms with van der Waals surface area (Å²) in [7, 11) is 0. The second-order valence-corrected chi connectivity index (χ2v) is 4.58. The highest BCUT2D eigenvalue weighted by Gasteiger charge is 2.33. The average molecular weight is 264 g/mol. The first kappa shape index (κ1) is 13.4. The molecule has 0 saturated carbocycles. The van der Waals surface area contributed by atoms with Crippen molar-refractivity contribution in [1.29, 1.82) is 0 Å². The molecule has 0 radical (unpaired) electrons. The Morgan fingerprint density at radius 1 is 1.42 bits per heavy atom. The SMILES string of the molecule is Cc1ccc(O)c(C(=O)N2CCNCC2C(=O)O)c1.